The van der Waals surface area contributed by atoms with Gasteiger partial charge in [-0.05, 0) is 65.7 Å². The normalized spacial score (nSPS) is 12.3. The predicted molar refractivity (Wildman–Crippen MR) is 77.9 cm³/mol. The summed E-state index contributed by atoms with van der Waals surface area (Å²) < 4.78 is 32.8. The molecule has 2 N–H and O–H groups in total. The Morgan fingerprint density at radius 1 is 1.15 bits per heavy atom. The molecule has 2 rings (SSSR count). The molecule has 106 valence electrons. The average Bonchev–Trinajstić information content (AvgIpc) is 2.37. The van der Waals surface area contributed by atoms with Crippen LogP contribution in [-0.2, 0) is 0 Å². The number of aryl methyl sites for hydroxylation is 1. The Kier molecular flexibility index (Phi) is 4.40. The van der Waals surface area contributed by atoms with E-state index >= 15 is 0 Å². The highest BCUT2D eigenvalue weighted by Gasteiger charge is 2.13. The molecule has 0 spiro atoms. The zero-order valence-electron chi connectivity index (χ0n) is 11.1. The molecule has 5 heteroatoms. The SMILES string of the molecule is Cc1cc(Oc2ccc(F)c(Br)c2)c(C(C)N)cc1F. The molecule has 2 aromatic carbocycles. The van der Waals surface area contributed by atoms with Gasteiger partial charge in [0.15, 0.2) is 0 Å². The third kappa shape index (κ3) is 3.16. The van der Waals surface area contributed by atoms with Crippen molar-refractivity contribution < 1.29 is 13.5 Å². The number of benzene rings is 2. The highest BCUT2D eigenvalue weighted by molar-refractivity contribution is 9.10. The summed E-state index contributed by atoms with van der Waals surface area (Å²) in [6.45, 7) is 3.39. The highest BCUT2D eigenvalue weighted by atomic mass is 79.9. The summed E-state index contributed by atoms with van der Waals surface area (Å²) in [5.41, 5.74) is 6.85. The fraction of sp³-hybridized carbons (Fsp3) is 0.200. The summed E-state index contributed by atoms with van der Waals surface area (Å²) in [7, 11) is 0. The van der Waals surface area contributed by atoms with Gasteiger partial charge in [-0.25, -0.2) is 8.78 Å². The van der Waals surface area contributed by atoms with E-state index in [-0.39, 0.29) is 17.7 Å². The van der Waals surface area contributed by atoms with Crippen molar-refractivity contribution in [3.05, 3.63) is 57.6 Å². The molecule has 0 radical (unpaired) electrons. The molecule has 2 aromatic rings. The molecule has 0 fully saturated rings. The van der Waals surface area contributed by atoms with Gasteiger partial charge < -0.3 is 10.5 Å². The quantitative estimate of drug-likeness (QED) is 0.866. The molecule has 0 heterocycles. The molecule has 0 amide bonds. The van der Waals surface area contributed by atoms with Crippen molar-refractivity contribution in [2.75, 3.05) is 0 Å². The Morgan fingerprint density at radius 3 is 2.45 bits per heavy atom. The van der Waals surface area contributed by atoms with Crippen LogP contribution in [0.15, 0.2) is 34.8 Å². The van der Waals surface area contributed by atoms with Crippen molar-refractivity contribution in [2.24, 2.45) is 5.73 Å². The molecule has 1 unspecified atom stereocenters. The predicted octanol–water partition coefficient (Wildman–Crippen LogP) is 4.85. The lowest BCUT2D eigenvalue weighted by atomic mass is 10.1. The zero-order valence-corrected chi connectivity index (χ0v) is 12.7. The topological polar surface area (TPSA) is 35.2 Å². The maximum atomic E-state index is 13.6. The molecule has 0 bridgehead atoms. The molecule has 0 saturated carbocycles. The van der Waals surface area contributed by atoms with Crippen LogP contribution < -0.4 is 10.5 Å². The van der Waals surface area contributed by atoms with Crippen molar-refractivity contribution in [2.45, 2.75) is 19.9 Å². The summed E-state index contributed by atoms with van der Waals surface area (Å²) in [4.78, 5) is 0. The third-order valence-electron chi connectivity index (χ3n) is 2.90. The minimum Gasteiger partial charge on any atom is -0.457 e. The van der Waals surface area contributed by atoms with Gasteiger partial charge >= 0.3 is 0 Å². The number of hydrogen-bond acceptors (Lipinski definition) is 2. The molecular weight excluding hydrogens is 328 g/mol. The first-order chi connectivity index (χ1) is 9.38. The van der Waals surface area contributed by atoms with Gasteiger partial charge in [0.2, 0.25) is 0 Å². The minimum absolute atomic E-state index is 0.302. The second-order valence-electron chi connectivity index (χ2n) is 4.61. The minimum atomic E-state index is -0.375. The third-order valence-corrected chi connectivity index (χ3v) is 3.51. The van der Waals surface area contributed by atoms with Crippen LogP contribution in [0.25, 0.3) is 0 Å². The highest BCUT2D eigenvalue weighted by Crippen LogP contribution is 2.32. The van der Waals surface area contributed by atoms with E-state index in [0.717, 1.165) is 0 Å². The van der Waals surface area contributed by atoms with E-state index in [1.165, 1.54) is 24.3 Å². The Balaban J connectivity index is 2.41. The maximum Gasteiger partial charge on any atom is 0.137 e. The standard InChI is InChI=1S/C15H14BrF2NO/c1-8-5-15(11(9(2)19)7-14(8)18)20-10-3-4-13(17)12(16)6-10/h3-7,9H,19H2,1-2H3. The van der Waals surface area contributed by atoms with Gasteiger partial charge in [-0.3, -0.25) is 0 Å². The summed E-state index contributed by atoms with van der Waals surface area (Å²) in [5, 5.41) is 0. The Labute approximate surface area is 124 Å². The van der Waals surface area contributed by atoms with Crippen LogP contribution in [0.4, 0.5) is 8.78 Å². The summed E-state index contributed by atoms with van der Waals surface area (Å²) >= 11 is 3.09. The molecule has 0 aliphatic heterocycles. The number of hydrogen-bond donors (Lipinski definition) is 1. The van der Waals surface area contributed by atoms with Gasteiger partial charge in [-0.1, -0.05) is 0 Å². The second-order valence-corrected chi connectivity index (χ2v) is 5.46. The summed E-state index contributed by atoms with van der Waals surface area (Å²) in [6.07, 6.45) is 0. The van der Waals surface area contributed by atoms with E-state index in [1.54, 1.807) is 19.9 Å². The van der Waals surface area contributed by atoms with Gasteiger partial charge in [-0.2, -0.15) is 0 Å². The Hall–Kier alpha value is -1.46. The van der Waals surface area contributed by atoms with Crippen LogP contribution >= 0.6 is 15.9 Å². The molecule has 1 atom stereocenters. The first-order valence-electron chi connectivity index (χ1n) is 6.07. The van der Waals surface area contributed by atoms with Crippen LogP contribution in [0, 0.1) is 18.6 Å². The van der Waals surface area contributed by atoms with Gasteiger partial charge in [0.25, 0.3) is 0 Å². The average molecular weight is 342 g/mol. The van der Waals surface area contributed by atoms with Crippen LogP contribution in [0.2, 0.25) is 0 Å². The zero-order chi connectivity index (χ0) is 14.9. The molecule has 0 aliphatic carbocycles. The lowest BCUT2D eigenvalue weighted by molar-refractivity contribution is 0.466. The lowest BCUT2D eigenvalue weighted by Crippen LogP contribution is -2.08. The van der Waals surface area contributed by atoms with E-state index < -0.39 is 0 Å². The maximum absolute atomic E-state index is 13.6. The van der Waals surface area contributed by atoms with Gasteiger partial charge in [0.1, 0.15) is 23.1 Å². The van der Waals surface area contributed by atoms with Crippen molar-refractivity contribution in [3.63, 3.8) is 0 Å². The van der Waals surface area contributed by atoms with Crippen LogP contribution in [-0.4, -0.2) is 0 Å². The van der Waals surface area contributed by atoms with Crippen LogP contribution in [0.3, 0.4) is 0 Å². The molecule has 0 saturated heterocycles. The first kappa shape index (κ1) is 14.9. The van der Waals surface area contributed by atoms with Crippen molar-refractivity contribution >= 4 is 15.9 Å². The molecule has 0 aromatic heterocycles. The summed E-state index contributed by atoms with van der Waals surface area (Å²) in [6, 6.07) is 6.90. The van der Waals surface area contributed by atoms with E-state index in [9.17, 15) is 8.78 Å². The fourth-order valence-electron chi connectivity index (χ4n) is 1.78. The molecular formula is C15H14BrF2NO. The number of ether oxygens (including phenoxy) is 1. The lowest BCUT2D eigenvalue weighted by Gasteiger charge is -2.15. The van der Waals surface area contributed by atoms with E-state index in [1.807, 2.05) is 0 Å². The van der Waals surface area contributed by atoms with Crippen molar-refractivity contribution in [1.29, 1.82) is 0 Å². The monoisotopic (exact) mass is 341 g/mol. The molecule has 20 heavy (non-hydrogen) atoms. The van der Waals surface area contributed by atoms with E-state index in [2.05, 4.69) is 15.9 Å². The van der Waals surface area contributed by atoms with Gasteiger partial charge in [0.05, 0.1) is 4.47 Å². The van der Waals surface area contributed by atoms with Gasteiger partial charge in [0, 0.05) is 11.6 Å². The van der Waals surface area contributed by atoms with Crippen molar-refractivity contribution in [1.82, 2.24) is 0 Å². The number of nitrogens with two attached hydrogens (primary N) is 1. The largest absolute Gasteiger partial charge is 0.457 e. The second kappa shape index (κ2) is 5.89. The smallest absolute Gasteiger partial charge is 0.137 e. The van der Waals surface area contributed by atoms with E-state index in [4.69, 9.17) is 10.5 Å². The Morgan fingerprint density at radius 2 is 1.85 bits per heavy atom. The summed E-state index contributed by atoms with van der Waals surface area (Å²) in [5.74, 6) is 0.216. The molecule has 2 nitrogen and oxygen atoms in total. The first-order valence-corrected chi connectivity index (χ1v) is 6.86. The van der Waals surface area contributed by atoms with E-state index in [0.29, 0.717) is 27.1 Å². The molecule has 0 aliphatic rings. The number of halogens is 3. The van der Waals surface area contributed by atoms with Gasteiger partial charge in [-0.15, -0.1) is 0 Å². The number of rotatable bonds is 3. The van der Waals surface area contributed by atoms with Crippen LogP contribution in [0.1, 0.15) is 24.1 Å². The van der Waals surface area contributed by atoms with Crippen LogP contribution in [0.5, 0.6) is 11.5 Å². The fourth-order valence-corrected chi connectivity index (χ4v) is 2.14. The Bertz CT molecular complexity index is 644. The van der Waals surface area contributed by atoms with Crippen molar-refractivity contribution in [3.8, 4) is 11.5 Å².